The number of fused-ring (bicyclic) bond motifs is 1. The first-order valence-corrected chi connectivity index (χ1v) is 8.50. The number of nitrogens with zero attached hydrogens (tertiary/aromatic N) is 1. The fourth-order valence-electron chi connectivity index (χ4n) is 3.21. The van der Waals surface area contributed by atoms with Crippen molar-refractivity contribution in [3.8, 4) is 0 Å². The van der Waals surface area contributed by atoms with Crippen molar-refractivity contribution in [2.24, 2.45) is 5.92 Å². The topological polar surface area (TPSA) is 24.9 Å². The predicted molar refractivity (Wildman–Crippen MR) is 90.1 cm³/mol. The molecule has 116 valence electrons. The lowest BCUT2D eigenvalue weighted by atomic mass is 9.98. The number of halogens is 2. The highest BCUT2D eigenvalue weighted by Crippen LogP contribution is 2.37. The summed E-state index contributed by atoms with van der Waals surface area (Å²) in [6.07, 6.45) is 3.54. The van der Waals surface area contributed by atoms with E-state index in [0.29, 0.717) is 5.92 Å². The monoisotopic (exact) mass is 362 g/mol. The molecule has 3 rings (SSSR count). The maximum absolute atomic E-state index is 14.1. The second-order valence-corrected chi connectivity index (χ2v) is 7.11. The van der Waals surface area contributed by atoms with E-state index in [9.17, 15) is 4.39 Å². The van der Waals surface area contributed by atoms with Crippen LogP contribution in [-0.2, 0) is 6.42 Å². The van der Waals surface area contributed by atoms with Crippen LogP contribution in [0.3, 0.4) is 0 Å². The molecular weight excluding hydrogens is 343 g/mol. The van der Waals surface area contributed by atoms with E-state index in [0.717, 1.165) is 34.1 Å². The van der Waals surface area contributed by atoms with E-state index < -0.39 is 0 Å². The van der Waals surface area contributed by atoms with Crippen LogP contribution in [0.15, 0.2) is 41.0 Å². The van der Waals surface area contributed by atoms with Gasteiger partial charge in [-0.3, -0.25) is 4.98 Å². The molecule has 4 heteroatoms. The Bertz CT molecular complexity index is 658. The van der Waals surface area contributed by atoms with Gasteiger partial charge in [0.15, 0.2) is 0 Å². The van der Waals surface area contributed by atoms with Crippen LogP contribution in [0.25, 0.3) is 0 Å². The molecule has 0 spiro atoms. The largest absolute Gasteiger partial charge is 0.301 e. The quantitative estimate of drug-likeness (QED) is 0.831. The number of pyridine rings is 1. The lowest BCUT2D eigenvalue weighted by Gasteiger charge is -2.26. The normalized spacial score (nSPS) is 18.5. The molecule has 2 aromatic rings. The first-order chi connectivity index (χ1) is 10.6. The van der Waals surface area contributed by atoms with Gasteiger partial charge in [0, 0.05) is 16.7 Å². The molecule has 1 heterocycles. The van der Waals surface area contributed by atoms with Gasteiger partial charge in [0.25, 0.3) is 0 Å². The summed E-state index contributed by atoms with van der Waals surface area (Å²) in [5, 5.41) is 3.69. The van der Waals surface area contributed by atoms with E-state index in [-0.39, 0.29) is 17.9 Å². The van der Waals surface area contributed by atoms with Gasteiger partial charge in [-0.05, 0) is 54.2 Å². The van der Waals surface area contributed by atoms with Crippen LogP contribution in [-0.4, -0.2) is 4.98 Å². The lowest BCUT2D eigenvalue weighted by molar-refractivity contribution is 0.355. The highest BCUT2D eigenvalue weighted by molar-refractivity contribution is 9.10. The minimum absolute atomic E-state index is 0.104. The number of rotatable bonds is 4. The van der Waals surface area contributed by atoms with Gasteiger partial charge in [-0.1, -0.05) is 35.8 Å². The Labute approximate surface area is 139 Å². The Morgan fingerprint density at radius 1 is 1.32 bits per heavy atom. The SMILES string of the molecule is CC(C)[C@@H](N[C@@H]1CCc2c(F)cc(Br)cc21)c1ccccn1. The predicted octanol–water partition coefficient (Wildman–Crippen LogP) is 4.96. The van der Waals surface area contributed by atoms with Crippen molar-refractivity contribution in [3.05, 3.63) is 63.6 Å². The van der Waals surface area contributed by atoms with Crippen molar-refractivity contribution in [3.63, 3.8) is 0 Å². The van der Waals surface area contributed by atoms with E-state index in [4.69, 9.17) is 0 Å². The van der Waals surface area contributed by atoms with Gasteiger partial charge in [-0.25, -0.2) is 4.39 Å². The molecule has 0 aliphatic heterocycles. The van der Waals surface area contributed by atoms with Crippen LogP contribution in [0.2, 0.25) is 0 Å². The zero-order valence-electron chi connectivity index (χ0n) is 12.8. The van der Waals surface area contributed by atoms with Crippen LogP contribution < -0.4 is 5.32 Å². The molecule has 2 atom stereocenters. The highest BCUT2D eigenvalue weighted by atomic mass is 79.9. The van der Waals surface area contributed by atoms with Crippen molar-refractivity contribution < 1.29 is 4.39 Å². The number of aromatic nitrogens is 1. The van der Waals surface area contributed by atoms with Crippen molar-refractivity contribution in [2.75, 3.05) is 0 Å². The van der Waals surface area contributed by atoms with Crippen LogP contribution in [0.1, 0.15) is 49.2 Å². The number of benzene rings is 1. The van der Waals surface area contributed by atoms with Crippen molar-refractivity contribution in [1.29, 1.82) is 0 Å². The van der Waals surface area contributed by atoms with Crippen LogP contribution >= 0.6 is 15.9 Å². The molecule has 1 N–H and O–H groups in total. The van der Waals surface area contributed by atoms with E-state index in [1.54, 1.807) is 6.07 Å². The van der Waals surface area contributed by atoms with E-state index in [1.165, 1.54) is 0 Å². The molecule has 0 bridgehead atoms. The molecule has 1 aliphatic rings. The fraction of sp³-hybridized carbons (Fsp3) is 0.389. The molecule has 0 radical (unpaired) electrons. The summed E-state index contributed by atoms with van der Waals surface area (Å²) in [5.74, 6) is 0.309. The average Bonchev–Trinajstić information content (AvgIpc) is 2.88. The van der Waals surface area contributed by atoms with E-state index >= 15 is 0 Å². The Morgan fingerprint density at radius 2 is 2.14 bits per heavy atom. The van der Waals surface area contributed by atoms with Crippen LogP contribution in [0, 0.1) is 11.7 Å². The van der Waals surface area contributed by atoms with Crippen LogP contribution in [0.5, 0.6) is 0 Å². The maximum Gasteiger partial charge on any atom is 0.127 e. The Morgan fingerprint density at radius 3 is 2.82 bits per heavy atom. The molecule has 1 aromatic heterocycles. The number of nitrogens with one attached hydrogen (secondary N) is 1. The fourth-order valence-corrected chi connectivity index (χ4v) is 3.66. The van der Waals surface area contributed by atoms with E-state index in [2.05, 4.69) is 46.1 Å². The maximum atomic E-state index is 14.1. The Kier molecular flexibility index (Phi) is 4.59. The van der Waals surface area contributed by atoms with Crippen molar-refractivity contribution in [2.45, 2.75) is 38.8 Å². The molecule has 2 nitrogen and oxygen atoms in total. The third kappa shape index (κ3) is 3.08. The molecule has 0 amide bonds. The number of hydrogen-bond donors (Lipinski definition) is 1. The summed E-state index contributed by atoms with van der Waals surface area (Å²) in [7, 11) is 0. The van der Waals surface area contributed by atoms with Gasteiger partial charge in [0.05, 0.1) is 11.7 Å². The van der Waals surface area contributed by atoms with Gasteiger partial charge < -0.3 is 5.32 Å². The summed E-state index contributed by atoms with van der Waals surface area (Å²) in [5.41, 5.74) is 2.97. The van der Waals surface area contributed by atoms with Crippen LogP contribution in [0.4, 0.5) is 4.39 Å². The van der Waals surface area contributed by atoms with Gasteiger partial charge in [-0.15, -0.1) is 0 Å². The summed E-state index contributed by atoms with van der Waals surface area (Å²) in [6.45, 7) is 4.37. The van der Waals surface area contributed by atoms with Gasteiger partial charge in [-0.2, -0.15) is 0 Å². The zero-order valence-corrected chi connectivity index (χ0v) is 14.4. The molecule has 0 fully saturated rings. The lowest BCUT2D eigenvalue weighted by Crippen LogP contribution is -2.29. The molecule has 1 aromatic carbocycles. The number of hydrogen-bond acceptors (Lipinski definition) is 2. The Balaban J connectivity index is 1.88. The highest BCUT2D eigenvalue weighted by Gasteiger charge is 2.29. The minimum atomic E-state index is -0.104. The van der Waals surface area contributed by atoms with Crippen molar-refractivity contribution >= 4 is 15.9 Å². The molecule has 1 aliphatic carbocycles. The second kappa shape index (κ2) is 6.47. The third-order valence-corrected chi connectivity index (χ3v) is 4.76. The van der Waals surface area contributed by atoms with Gasteiger partial charge in [0.1, 0.15) is 5.82 Å². The molecular formula is C18H20BrFN2. The first kappa shape index (κ1) is 15.6. The van der Waals surface area contributed by atoms with Crippen molar-refractivity contribution in [1.82, 2.24) is 10.3 Å². The van der Waals surface area contributed by atoms with Gasteiger partial charge >= 0.3 is 0 Å². The third-order valence-electron chi connectivity index (χ3n) is 4.31. The smallest absolute Gasteiger partial charge is 0.127 e. The summed E-state index contributed by atoms with van der Waals surface area (Å²) < 4.78 is 14.9. The summed E-state index contributed by atoms with van der Waals surface area (Å²) in [6, 6.07) is 9.93. The molecule has 0 saturated heterocycles. The standard InChI is InChI=1S/C18H20BrFN2/c1-11(2)18(17-5-3-4-8-21-17)22-16-7-6-13-14(16)9-12(19)10-15(13)20/h3-5,8-11,16,18,22H,6-7H2,1-2H3/t16-,18-/m1/s1. The minimum Gasteiger partial charge on any atom is -0.301 e. The summed E-state index contributed by atoms with van der Waals surface area (Å²) in [4.78, 5) is 4.49. The summed E-state index contributed by atoms with van der Waals surface area (Å²) >= 11 is 3.40. The second-order valence-electron chi connectivity index (χ2n) is 6.19. The zero-order chi connectivity index (χ0) is 15.7. The molecule has 0 unspecified atom stereocenters. The van der Waals surface area contributed by atoms with Gasteiger partial charge in [0.2, 0.25) is 0 Å². The first-order valence-electron chi connectivity index (χ1n) is 7.71. The molecule has 22 heavy (non-hydrogen) atoms. The molecule has 0 saturated carbocycles. The Hall–Kier alpha value is -1.26. The van der Waals surface area contributed by atoms with E-state index in [1.807, 2.05) is 24.4 Å². The average molecular weight is 363 g/mol.